The van der Waals surface area contributed by atoms with Gasteiger partial charge in [0.2, 0.25) is 0 Å². The molecule has 2 aromatic heterocycles. The molecular formula is C20H23N3O2S. The summed E-state index contributed by atoms with van der Waals surface area (Å²) in [7, 11) is 4.01. The van der Waals surface area contributed by atoms with Crippen molar-refractivity contribution < 1.29 is 9.32 Å². The molecule has 5 nitrogen and oxygen atoms in total. The number of aryl methyl sites for hydroxylation is 1. The molecule has 0 aliphatic rings. The fraction of sp³-hybridized carbons (Fsp3) is 0.300. The van der Waals surface area contributed by atoms with Gasteiger partial charge >= 0.3 is 0 Å². The molecule has 26 heavy (non-hydrogen) atoms. The summed E-state index contributed by atoms with van der Waals surface area (Å²) in [4.78, 5) is 19.6. The molecule has 0 aliphatic carbocycles. The molecule has 0 bridgehead atoms. The van der Waals surface area contributed by atoms with E-state index in [0.717, 1.165) is 12.1 Å². The number of rotatable bonds is 7. The molecule has 1 aromatic carbocycles. The van der Waals surface area contributed by atoms with E-state index in [1.54, 1.807) is 11.3 Å². The van der Waals surface area contributed by atoms with Gasteiger partial charge in [0, 0.05) is 28.4 Å². The fourth-order valence-corrected chi connectivity index (χ4v) is 3.60. The van der Waals surface area contributed by atoms with Crippen LogP contribution in [0.4, 0.5) is 0 Å². The molecule has 3 aromatic rings. The van der Waals surface area contributed by atoms with Crippen LogP contribution >= 0.6 is 11.3 Å². The Kier molecular flexibility index (Phi) is 5.85. The number of benzene rings is 1. The first-order valence-corrected chi connectivity index (χ1v) is 9.35. The number of carbonyl (C=O) groups excluding carboxylic acids is 1. The van der Waals surface area contributed by atoms with Gasteiger partial charge in [-0.2, -0.15) is 0 Å². The quantitative estimate of drug-likeness (QED) is 0.633. The summed E-state index contributed by atoms with van der Waals surface area (Å²) in [5.41, 5.74) is 1.36. The van der Waals surface area contributed by atoms with E-state index in [0.29, 0.717) is 24.4 Å². The molecule has 0 N–H and O–H groups in total. The highest BCUT2D eigenvalue weighted by atomic mass is 32.1. The van der Waals surface area contributed by atoms with Crippen molar-refractivity contribution >= 4 is 17.2 Å². The Balaban J connectivity index is 1.86. The van der Waals surface area contributed by atoms with Gasteiger partial charge in [-0.25, -0.2) is 0 Å². The van der Waals surface area contributed by atoms with Gasteiger partial charge in [-0.05, 0) is 33.2 Å². The molecule has 1 amide bonds. The molecule has 0 fully saturated rings. The third-order valence-corrected chi connectivity index (χ3v) is 5.07. The summed E-state index contributed by atoms with van der Waals surface area (Å²) >= 11 is 1.72. The molecule has 0 atom stereocenters. The van der Waals surface area contributed by atoms with Gasteiger partial charge in [-0.15, -0.1) is 11.3 Å². The molecule has 6 heteroatoms. The van der Waals surface area contributed by atoms with E-state index in [1.165, 1.54) is 16.0 Å². The first-order valence-electron chi connectivity index (χ1n) is 8.54. The summed E-state index contributed by atoms with van der Waals surface area (Å²) in [6, 6.07) is 13.8. The van der Waals surface area contributed by atoms with Gasteiger partial charge in [0.15, 0.2) is 5.76 Å². The van der Waals surface area contributed by atoms with E-state index >= 15 is 0 Å². The van der Waals surface area contributed by atoms with Crippen molar-refractivity contribution in [2.75, 3.05) is 27.2 Å². The van der Waals surface area contributed by atoms with Crippen molar-refractivity contribution in [3.63, 3.8) is 0 Å². The second kappa shape index (κ2) is 8.29. The Labute approximate surface area is 157 Å². The lowest BCUT2D eigenvalue weighted by Crippen LogP contribution is -2.36. The molecule has 2 heterocycles. The number of carbonyl (C=O) groups is 1. The predicted octanol–water partition coefficient (Wildman–Crippen LogP) is 3.92. The van der Waals surface area contributed by atoms with Crippen molar-refractivity contribution in [1.82, 2.24) is 15.0 Å². The summed E-state index contributed by atoms with van der Waals surface area (Å²) in [5, 5.41) is 3.88. The van der Waals surface area contributed by atoms with E-state index in [-0.39, 0.29) is 5.91 Å². The van der Waals surface area contributed by atoms with Crippen LogP contribution in [0.25, 0.3) is 11.3 Å². The highest BCUT2D eigenvalue weighted by Gasteiger charge is 2.23. The second-order valence-electron chi connectivity index (χ2n) is 6.48. The molecule has 0 radical (unpaired) electrons. The number of hydrogen-bond acceptors (Lipinski definition) is 5. The van der Waals surface area contributed by atoms with Crippen LogP contribution in [-0.4, -0.2) is 48.0 Å². The predicted molar refractivity (Wildman–Crippen MR) is 104 cm³/mol. The van der Waals surface area contributed by atoms with E-state index in [2.05, 4.69) is 29.1 Å². The van der Waals surface area contributed by atoms with Crippen LogP contribution in [-0.2, 0) is 6.54 Å². The number of aromatic nitrogens is 1. The number of thiophene rings is 1. The van der Waals surface area contributed by atoms with Crippen molar-refractivity contribution in [1.29, 1.82) is 0 Å². The first kappa shape index (κ1) is 18.4. The fourth-order valence-electron chi connectivity index (χ4n) is 2.69. The normalized spacial score (nSPS) is 11.1. The highest BCUT2D eigenvalue weighted by molar-refractivity contribution is 7.11. The number of hydrogen-bond donors (Lipinski definition) is 0. The van der Waals surface area contributed by atoms with Gasteiger partial charge in [-0.1, -0.05) is 35.5 Å². The summed E-state index contributed by atoms with van der Waals surface area (Å²) in [5.74, 6) is 0.464. The first-order chi connectivity index (χ1) is 12.5. The highest BCUT2D eigenvalue weighted by Crippen LogP contribution is 2.25. The maximum atomic E-state index is 13.2. The number of amides is 1. The molecule has 0 aliphatic heterocycles. The molecule has 0 spiro atoms. The zero-order valence-electron chi connectivity index (χ0n) is 15.3. The van der Waals surface area contributed by atoms with E-state index in [4.69, 9.17) is 4.52 Å². The van der Waals surface area contributed by atoms with Gasteiger partial charge < -0.3 is 14.3 Å². The minimum absolute atomic E-state index is 0.0574. The van der Waals surface area contributed by atoms with Crippen LogP contribution in [0.2, 0.25) is 0 Å². The Morgan fingerprint density at radius 2 is 1.88 bits per heavy atom. The van der Waals surface area contributed by atoms with Crippen LogP contribution in [0, 0.1) is 6.92 Å². The molecule has 3 rings (SSSR count). The average molecular weight is 369 g/mol. The molecule has 136 valence electrons. The van der Waals surface area contributed by atoms with Crippen LogP contribution < -0.4 is 0 Å². The van der Waals surface area contributed by atoms with Gasteiger partial charge in [0.1, 0.15) is 5.56 Å². The van der Waals surface area contributed by atoms with E-state index in [1.807, 2.05) is 49.3 Å². The molecule has 0 saturated carbocycles. The largest absolute Gasteiger partial charge is 0.355 e. The summed E-state index contributed by atoms with van der Waals surface area (Å²) in [6.45, 7) is 4.10. The Hall–Kier alpha value is -2.44. The number of likely N-dealkylation sites (N-methyl/N-ethyl adjacent to an activating group) is 1. The maximum Gasteiger partial charge on any atom is 0.259 e. The zero-order valence-corrected chi connectivity index (χ0v) is 16.1. The molecular weight excluding hydrogens is 346 g/mol. The van der Waals surface area contributed by atoms with E-state index < -0.39 is 0 Å². The Morgan fingerprint density at radius 1 is 1.12 bits per heavy atom. The SMILES string of the molecule is Cc1ccc(CN(CCN(C)C)C(=O)c2cnoc2-c2ccccc2)s1. The van der Waals surface area contributed by atoms with Crippen molar-refractivity contribution in [3.8, 4) is 11.3 Å². The van der Waals surface area contributed by atoms with Gasteiger partial charge in [-0.3, -0.25) is 4.79 Å². The van der Waals surface area contributed by atoms with Crippen LogP contribution in [0.15, 0.2) is 53.2 Å². The van der Waals surface area contributed by atoms with Crippen LogP contribution in [0.1, 0.15) is 20.1 Å². The monoisotopic (exact) mass is 369 g/mol. The lowest BCUT2D eigenvalue weighted by molar-refractivity contribution is 0.0734. The minimum atomic E-state index is -0.0574. The smallest absolute Gasteiger partial charge is 0.259 e. The van der Waals surface area contributed by atoms with Crippen LogP contribution in [0.5, 0.6) is 0 Å². The topological polar surface area (TPSA) is 49.6 Å². The van der Waals surface area contributed by atoms with Gasteiger partial charge in [0.05, 0.1) is 12.7 Å². The summed E-state index contributed by atoms with van der Waals surface area (Å²) < 4.78 is 5.40. The Bertz CT molecular complexity index is 855. The second-order valence-corrected chi connectivity index (χ2v) is 7.85. The minimum Gasteiger partial charge on any atom is -0.355 e. The van der Waals surface area contributed by atoms with Gasteiger partial charge in [0.25, 0.3) is 5.91 Å². The zero-order chi connectivity index (χ0) is 18.5. The third-order valence-electron chi connectivity index (χ3n) is 4.08. The average Bonchev–Trinajstić information content (AvgIpc) is 3.27. The molecule has 0 unspecified atom stereocenters. The van der Waals surface area contributed by atoms with Crippen LogP contribution in [0.3, 0.4) is 0 Å². The third kappa shape index (κ3) is 4.39. The molecule has 0 saturated heterocycles. The van der Waals surface area contributed by atoms with E-state index in [9.17, 15) is 4.79 Å². The lowest BCUT2D eigenvalue weighted by Gasteiger charge is -2.23. The van der Waals surface area contributed by atoms with Crippen molar-refractivity contribution in [2.24, 2.45) is 0 Å². The van der Waals surface area contributed by atoms with Crippen molar-refractivity contribution in [3.05, 3.63) is 64.0 Å². The lowest BCUT2D eigenvalue weighted by atomic mass is 10.1. The Morgan fingerprint density at radius 3 is 2.54 bits per heavy atom. The number of nitrogens with zero attached hydrogens (tertiary/aromatic N) is 3. The maximum absolute atomic E-state index is 13.2. The summed E-state index contributed by atoms with van der Waals surface area (Å²) in [6.07, 6.45) is 1.52. The standard InChI is InChI=1S/C20H23N3O2S/c1-15-9-10-17(26-15)14-23(12-11-22(2)3)20(24)18-13-21-25-19(18)16-7-5-4-6-8-16/h4-10,13H,11-12,14H2,1-3H3. The van der Waals surface area contributed by atoms with Crippen molar-refractivity contribution in [2.45, 2.75) is 13.5 Å².